The van der Waals surface area contributed by atoms with Crippen LogP contribution in [0.1, 0.15) is 44.4 Å². The third kappa shape index (κ3) is 4.58. The summed E-state index contributed by atoms with van der Waals surface area (Å²) >= 11 is 0. The lowest BCUT2D eigenvalue weighted by Crippen LogP contribution is -2.42. The van der Waals surface area contributed by atoms with Crippen molar-refractivity contribution < 1.29 is 13.7 Å². The topological polar surface area (TPSA) is 62.5 Å². The number of hydrogen-bond donors (Lipinski definition) is 0. The molecule has 1 amide bonds. The van der Waals surface area contributed by atoms with Crippen LogP contribution in [0.2, 0.25) is 0 Å². The largest absolute Gasteiger partial charge is 0.342 e. The number of carbonyl (C=O) groups is 1. The Morgan fingerprint density at radius 2 is 1.71 bits per heavy atom. The van der Waals surface area contributed by atoms with Crippen LogP contribution in [-0.2, 0) is 11.3 Å². The van der Waals surface area contributed by atoms with Crippen molar-refractivity contribution in [3.8, 4) is 11.4 Å². The van der Waals surface area contributed by atoms with Crippen molar-refractivity contribution in [3.05, 3.63) is 36.0 Å². The second-order valence-electron chi connectivity index (χ2n) is 7.81. The third-order valence-corrected chi connectivity index (χ3v) is 5.78. The molecular formula is C21H27FN4O2. The molecule has 1 aromatic carbocycles. The summed E-state index contributed by atoms with van der Waals surface area (Å²) < 4.78 is 18.4. The van der Waals surface area contributed by atoms with E-state index in [1.165, 1.54) is 25.0 Å². The quantitative estimate of drug-likeness (QED) is 0.805. The highest BCUT2D eigenvalue weighted by Gasteiger charge is 2.29. The zero-order chi connectivity index (χ0) is 19.3. The van der Waals surface area contributed by atoms with Gasteiger partial charge in [0.1, 0.15) is 5.82 Å². The molecule has 2 aromatic rings. The number of hydrogen-bond acceptors (Lipinski definition) is 5. The van der Waals surface area contributed by atoms with Gasteiger partial charge in [0.05, 0.1) is 6.54 Å². The van der Waals surface area contributed by atoms with E-state index < -0.39 is 0 Å². The number of rotatable bonds is 4. The SMILES string of the molecule is O=C(C1CCN(Cc2nc(-c3ccc(F)cc3)no2)CC1)N1CCCCCC1. The lowest BCUT2D eigenvalue weighted by atomic mass is 9.95. The monoisotopic (exact) mass is 386 g/mol. The van der Waals surface area contributed by atoms with Gasteiger partial charge in [-0.2, -0.15) is 4.98 Å². The second kappa shape index (κ2) is 8.82. The average Bonchev–Trinajstić information content (AvgIpc) is 3.01. The first kappa shape index (κ1) is 19.1. The van der Waals surface area contributed by atoms with Gasteiger partial charge in [0.15, 0.2) is 0 Å². The summed E-state index contributed by atoms with van der Waals surface area (Å²) in [4.78, 5) is 21.6. The van der Waals surface area contributed by atoms with E-state index in [4.69, 9.17) is 4.52 Å². The predicted octanol–water partition coefficient (Wildman–Crippen LogP) is 3.49. The van der Waals surface area contributed by atoms with E-state index in [0.29, 0.717) is 24.2 Å². The Hall–Kier alpha value is -2.28. The Balaban J connectivity index is 1.28. The zero-order valence-corrected chi connectivity index (χ0v) is 16.1. The highest BCUT2D eigenvalue weighted by atomic mass is 19.1. The zero-order valence-electron chi connectivity index (χ0n) is 16.1. The highest BCUT2D eigenvalue weighted by Crippen LogP contribution is 2.23. The van der Waals surface area contributed by atoms with Gasteiger partial charge in [0.2, 0.25) is 17.6 Å². The summed E-state index contributed by atoms with van der Waals surface area (Å²) in [6, 6.07) is 6.06. The molecule has 2 fully saturated rings. The first-order valence-corrected chi connectivity index (χ1v) is 10.3. The van der Waals surface area contributed by atoms with Crippen LogP contribution >= 0.6 is 0 Å². The molecule has 150 valence electrons. The molecule has 3 heterocycles. The summed E-state index contributed by atoms with van der Waals surface area (Å²) in [7, 11) is 0. The van der Waals surface area contributed by atoms with E-state index in [-0.39, 0.29) is 11.7 Å². The molecule has 0 spiro atoms. The summed E-state index contributed by atoms with van der Waals surface area (Å²) in [6.45, 7) is 4.15. The fraction of sp³-hybridized carbons (Fsp3) is 0.571. The summed E-state index contributed by atoms with van der Waals surface area (Å²) in [5.74, 6) is 1.23. The number of aromatic nitrogens is 2. The Labute approximate surface area is 164 Å². The third-order valence-electron chi connectivity index (χ3n) is 5.78. The first-order chi connectivity index (χ1) is 13.7. The number of halogens is 1. The molecule has 2 saturated heterocycles. The van der Waals surface area contributed by atoms with Crippen molar-refractivity contribution in [1.82, 2.24) is 19.9 Å². The maximum atomic E-state index is 13.0. The van der Waals surface area contributed by atoms with E-state index in [2.05, 4.69) is 19.9 Å². The maximum Gasteiger partial charge on any atom is 0.241 e. The Bertz CT molecular complexity index is 776. The van der Waals surface area contributed by atoms with Gasteiger partial charge in [0, 0.05) is 24.6 Å². The minimum absolute atomic E-state index is 0.145. The van der Waals surface area contributed by atoms with E-state index in [0.717, 1.165) is 57.4 Å². The number of amides is 1. The molecule has 7 heteroatoms. The van der Waals surface area contributed by atoms with Gasteiger partial charge < -0.3 is 9.42 Å². The first-order valence-electron chi connectivity index (χ1n) is 10.3. The van der Waals surface area contributed by atoms with Crippen LogP contribution in [0.15, 0.2) is 28.8 Å². The number of carbonyl (C=O) groups excluding carboxylic acids is 1. The van der Waals surface area contributed by atoms with E-state index in [9.17, 15) is 9.18 Å². The van der Waals surface area contributed by atoms with Crippen molar-refractivity contribution in [3.63, 3.8) is 0 Å². The molecule has 6 nitrogen and oxygen atoms in total. The van der Waals surface area contributed by atoms with Crippen molar-refractivity contribution in [1.29, 1.82) is 0 Å². The molecule has 0 saturated carbocycles. The van der Waals surface area contributed by atoms with Gasteiger partial charge in [0.25, 0.3) is 0 Å². The van der Waals surface area contributed by atoms with Crippen LogP contribution in [0.3, 0.4) is 0 Å². The fourth-order valence-electron chi connectivity index (χ4n) is 4.11. The lowest BCUT2D eigenvalue weighted by Gasteiger charge is -2.33. The van der Waals surface area contributed by atoms with Crippen LogP contribution in [0.4, 0.5) is 4.39 Å². The number of nitrogens with zero attached hydrogens (tertiary/aromatic N) is 4. The normalized spacial score (nSPS) is 19.5. The minimum Gasteiger partial charge on any atom is -0.342 e. The van der Waals surface area contributed by atoms with Gasteiger partial charge in [-0.1, -0.05) is 18.0 Å². The number of piperidine rings is 1. The molecule has 0 atom stereocenters. The van der Waals surface area contributed by atoms with Gasteiger partial charge in [-0.3, -0.25) is 9.69 Å². The number of benzene rings is 1. The van der Waals surface area contributed by atoms with Crippen molar-refractivity contribution in [2.24, 2.45) is 5.92 Å². The van der Waals surface area contributed by atoms with Crippen LogP contribution in [0.5, 0.6) is 0 Å². The molecular weight excluding hydrogens is 359 g/mol. The van der Waals surface area contributed by atoms with Crippen molar-refractivity contribution in [2.45, 2.75) is 45.1 Å². The molecule has 0 aliphatic carbocycles. The Morgan fingerprint density at radius 3 is 2.39 bits per heavy atom. The van der Waals surface area contributed by atoms with Crippen LogP contribution < -0.4 is 0 Å². The standard InChI is InChI=1S/C21H27FN4O2/c22-18-7-5-16(6-8-18)20-23-19(28-24-20)15-25-13-9-17(10-14-25)21(27)26-11-3-1-2-4-12-26/h5-8,17H,1-4,9-15H2. The van der Waals surface area contributed by atoms with Gasteiger partial charge >= 0.3 is 0 Å². The average molecular weight is 386 g/mol. The maximum absolute atomic E-state index is 13.0. The van der Waals surface area contributed by atoms with Crippen LogP contribution in [-0.4, -0.2) is 52.0 Å². The molecule has 1 aromatic heterocycles. The van der Waals surface area contributed by atoms with E-state index in [1.807, 2.05) is 0 Å². The van der Waals surface area contributed by atoms with E-state index in [1.54, 1.807) is 12.1 Å². The summed E-state index contributed by atoms with van der Waals surface area (Å²) in [6.07, 6.45) is 6.53. The Morgan fingerprint density at radius 1 is 1.04 bits per heavy atom. The van der Waals surface area contributed by atoms with Crippen molar-refractivity contribution in [2.75, 3.05) is 26.2 Å². The lowest BCUT2D eigenvalue weighted by molar-refractivity contribution is -0.137. The smallest absolute Gasteiger partial charge is 0.241 e. The van der Waals surface area contributed by atoms with E-state index >= 15 is 0 Å². The van der Waals surface area contributed by atoms with Crippen molar-refractivity contribution >= 4 is 5.91 Å². The van der Waals surface area contributed by atoms with Gasteiger partial charge in [-0.25, -0.2) is 4.39 Å². The molecule has 0 unspecified atom stereocenters. The Kier molecular flexibility index (Phi) is 6.00. The molecule has 2 aliphatic rings. The minimum atomic E-state index is -0.287. The number of likely N-dealkylation sites (tertiary alicyclic amines) is 2. The van der Waals surface area contributed by atoms with Crippen LogP contribution in [0.25, 0.3) is 11.4 Å². The van der Waals surface area contributed by atoms with Crippen LogP contribution in [0, 0.1) is 11.7 Å². The molecule has 0 N–H and O–H groups in total. The molecule has 0 radical (unpaired) electrons. The molecule has 2 aliphatic heterocycles. The summed E-state index contributed by atoms with van der Waals surface area (Å²) in [5.41, 5.74) is 0.734. The molecule has 4 rings (SSSR count). The fourth-order valence-corrected chi connectivity index (χ4v) is 4.11. The summed E-state index contributed by atoms with van der Waals surface area (Å²) in [5, 5.41) is 4.00. The molecule has 28 heavy (non-hydrogen) atoms. The van der Waals surface area contributed by atoms with Gasteiger partial charge in [-0.05, 0) is 63.0 Å². The predicted molar refractivity (Wildman–Crippen MR) is 103 cm³/mol. The highest BCUT2D eigenvalue weighted by molar-refractivity contribution is 5.79. The van der Waals surface area contributed by atoms with Gasteiger partial charge in [-0.15, -0.1) is 0 Å². The second-order valence-corrected chi connectivity index (χ2v) is 7.81. The molecule has 0 bridgehead atoms.